The van der Waals surface area contributed by atoms with Gasteiger partial charge in [0, 0.05) is 13.1 Å². The lowest BCUT2D eigenvalue weighted by Gasteiger charge is -2.31. The number of morpholine rings is 1. The van der Waals surface area contributed by atoms with E-state index < -0.39 is 12.1 Å². The molecule has 0 unspecified atom stereocenters. The third-order valence-corrected chi connectivity index (χ3v) is 4.33. The number of hydrogen-bond donors (Lipinski definition) is 2. The lowest BCUT2D eigenvalue weighted by atomic mass is 9.87. The number of carbonyl (C=O) groups excluding carboxylic acids is 3. The van der Waals surface area contributed by atoms with Crippen LogP contribution in [0.1, 0.15) is 34.1 Å². The number of nitrogens with zero attached hydrogens (tertiary/aromatic N) is 1. The molecule has 0 radical (unpaired) electrons. The van der Waals surface area contributed by atoms with Crippen LogP contribution >= 0.6 is 0 Å². The van der Waals surface area contributed by atoms with Crippen molar-refractivity contribution in [3.05, 3.63) is 0 Å². The van der Waals surface area contributed by atoms with Crippen molar-refractivity contribution >= 4 is 17.7 Å². The monoisotopic (exact) mass is 355 g/mol. The normalized spacial score (nSPS) is 25.6. The molecule has 0 aromatic rings. The van der Waals surface area contributed by atoms with Gasteiger partial charge >= 0.3 is 6.03 Å². The summed E-state index contributed by atoms with van der Waals surface area (Å²) in [5.74, 6) is -0.498. The molecule has 0 spiro atoms. The van der Waals surface area contributed by atoms with Crippen LogP contribution in [-0.2, 0) is 19.1 Å². The molecule has 2 saturated heterocycles. The largest absolute Gasteiger partial charge is 0.378 e. The predicted octanol–water partition coefficient (Wildman–Crippen LogP) is 0.306. The first-order chi connectivity index (χ1) is 11.7. The maximum Gasteiger partial charge on any atom is 0.318 e. The molecule has 2 heterocycles. The lowest BCUT2D eigenvalue weighted by molar-refractivity contribution is -0.128. The molecule has 2 aliphatic rings. The number of hydrogen-bond acceptors (Lipinski definition) is 5. The van der Waals surface area contributed by atoms with Crippen LogP contribution in [0.25, 0.3) is 0 Å². The van der Waals surface area contributed by atoms with Gasteiger partial charge in [0.15, 0.2) is 5.78 Å². The van der Waals surface area contributed by atoms with E-state index in [1.165, 1.54) is 0 Å². The van der Waals surface area contributed by atoms with Gasteiger partial charge in [-0.05, 0) is 18.8 Å². The van der Waals surface area contributed by atoms with Gasteiger partial charge in [0.2, 0.25) is 5.91 Å². The Hall–Kier alpha value is -1.67. The van der Waals surface area contributed by atoms with Crippen LogP contribution in [-0.4, -0.2) is 73.7 Å². The van der Waals surface area contributed by atoms with Gasteiger partial charge in [-0.1, -0.05) is 20.8 Å². The van der Waals surface area contributed by atoms with E-state index in [4.69, 9.17) is 9.47 Å². The fraction of sp³-hybridized carbons (Fsp3) is 0.824. The third-order valence-electron chi connectivity index (χ3n) is 4.33. The molecule has 0 aromatic carbocycles. The van der Waals surface area contributed by atoms with Crippen molar-refractivity contribution in [2.24, 2.45) is 5.41 Å². The quantitative estimate of drug-likeness (QED) is 0.756. The maximum atomic E-state index is 12.7. The molecular weight excluding hydrogens is 326 g/mol. The minimum atomic E-state index is -0.712. The van der Waals surface area contributed by atoms with Crippen molar-refractivity contribution in [3.63, 3.8) is 0 Å². The highest BCUT2D eigenvalue weighted by Gasteiger charge is 2.37. The van der Waals surface area contributed by atoms with E-state index in [2.05, 4.69) is 10.6 Å². The van der Waals surface area contributed by atoms with E-state index in [1.807, 2.05) is 20.8 Å². The highest BCUT2D eigenvalue weighted by atomic mass is 16.5. The predicted molar refractivity (Wildman–Crippen MR) is 91.1 cm³/mol. The molecule has 8 nitrogen and oxygen atoms in total. The standard InChI is InChI=1S/C17H29N3O5/c1-11-14(13(21)10-25-11)19-15(22)12(9-17(2,3)4)18-16(23)20-5-7-24-8-6-20/h11-12,14H,5-10H2,1-4H3,(H,18,23)(H,19,22)/t11-,12-,14-/m0/s1. The zero-order valence-electron chi connectivity index (χ0n) is 15.5. The van der Waals surface area contributed by atoms with E-state index in [1.54, 1.807) is 11.8 Å². The Labute approximate surface area is 148 Å². The van der Waals surface area contributed by atoms with Crippen LogP contribution in [0.3, 0.4) is 0 Å². The average molecular weight is 355 g/mol. The van der Waals surface area contributed by atoms with E-state index >= 15 is 0 Å². The number of ketones is 1. The molecule has 2 aliphatic heterocycles. The average Bonchev–Trinajstić information content (AvgIpc) is 2.85. The molecule has 0 aliphatic carbocycles. The Bertz CT molecular complexity index is 511. The summed E-state index contributed by atoms with van der Waals surface area (Å²) in [5, 5.41) is 5.55. The molecule has 2 N–H and O–H groups in total. The Balaban J connectivity index is 2.02. The van der Waals surface area contributed by atoms with Crippen LogP contribution in [0.4, 0.5) is 4.79 Å². The van der Waals surface area contributed by atoms with E-state index in [0.717, 1.165) is 0 Å². The Morgan fingerprint density at radius 1 is 1.28 bits per heavy atom. The van der Waals surface area contributed by atoms with Gasteiger partial charge in [-0.3, -0.25) is 9.59 Å². The van der Waals surface area contributed by atoms with Crippen LogP contribution in [0.15, 0.2) is 0 Å². The summed E-state index contributed by atoms with van der Waals surface area (Å²) in [6.07, 6.45) is 0.104. The molecule has 2 rings (SSSR count). The summed E-state index contributed by atoms with van der Waals surface area (Å²) in [6, 6.07) is -1.65. The number of amides is 3. The summed E-state index contributed by atoms with van der Waals surface area (Å²) in [5.41, 5.74) is -0.165. The minimum absolute atomic E-state index is 0.0101. The number of carbonyl (C=O) groups is 3. The van der Waals surface area contributed by atoms with Crippen molar-refractivity contribution < 1.29 is 23.9 Å². The van der Waals surface area contributed by atoms with E-state index in [0.29, 0.717) is 32.7 Å². The number of nitrogens with one attached hydrogen (secondary N) is 2. The number of Topliss-reactive ketones (excluding diaryl/α,β-unsaturated/α-hetero) is 1. The molecule has 3 atom stereocenters. The zero-order valence-corrected chi connectivity index (χ0v) is 15.5. The van der Waals surface area contributed by atoms with E-state index in [9.17, 15) is 14.4 Å². The molecule has 0 aromatic heterocycles. The van der Waals surface area contributed by atoms with Crippen LogP contribution in [0.5, 0.6) is 0 Å². The van der Waals surface area contributed by atoms with Crippen molar-refractivity contribution in [2.45, 2.75) is 52.3 Å². The molecule has 8 heteroatoms. The van der Waals surface area contributed by atoms with Crippen molar-refractivity contribution in [1.82, 2.24) is 15.5 Å². The highest BCUT2D eigenvalue weighted by molar-refractivity contribution is 5.94. The SMILES string of the molecule is C[C@@H]1OCC(=O)[C@H]1NC(=O)[C@H](CC(C)(C)C)NC(=O)N1CCOCC1. The Morgan fingerprint density at radius 2 is 1.92 bits per heavy atom. The van der Waals surface area contributed by atoms with Gasteiger partial charge in [-0.15, -0.1) is 0 Å². The van der Waals surface area contributed by atoms with Crippen LogP contribution in [0.2, 0.25) is 0 Å². The second-order valence-electron chi connectivity index (χ2n) is 7.83. The molecule has 142 valence electrons. The molecular formula is C17H29N3O5. The van der Waals surface area contributed by atoms with Crippen LogP contribution in [0, 0.1) is 5.41 Å². The molecule has 25 heavy (non-hydrogen) atoms. The maximum absolute atomic E-state index is 12.7. The molecule has 0 saturated carbocycles. The summed E-state index contributed by atoms with van der Waals surface area (Å²) in [4.78, 5) is 38.6. The molecule has 3 amide bonds. The summed E-state index contributed by atoms with van der Waals surface area (Å²) in [7, 11) is 0. The molecule has 0 bridgehead atoms. The Kier molecular flexibility index (Phi) is 6.40. The summed E-state index contributed by atoms with van der Waals surface area (Å²) < 4.78 is 10.5. The third kappa shape index (κ3) is 5.67. The zero-order chi connectivity index (χ0) is 18.6. The summed E-state index contributed by atoms with van der Waals surface area (Å²) >= 11 is 0. The highest BCUT2D eigenvalue weighted by Crippen LogP contribution is 2.21. The van der Waals surface area contributed by atoms with Gasteiger partial charge in [0.1, 0.15) is 18.7 Å². The minimum Gasteiger partial charge on any atom is -0.378 e. The first kappa shape index (κ1) is 19.7. The van der Waals surface area contributed by atoms with Crippen molar-refractivity contribution in [3.8, 4) is 0 Å². The fourth-order valence-corrected chi connectivity index (χ4v) is 2.94. The lowest BCUT2D eigenvalue weighted by Crippen LogP contribution is -2.57. The molecule has 2 fully saturated rings. The van der Waals surface area contributed by atoms with Crippen molar-refractivity contribution in [2.75, 3.05) is 32.9 Å². The smallest absolute Gasteiger partial charge is 0.318 e. The first-order valence-electron chi connectivity index (χ1n) is 8.75. The second-order valence-corrected chi connectivity index (χ2v) is 7.83. The topological polar surface area (TPSA) is 97.0 Å². The van der Waals surface area contributed by atoms with Gasteiger partial charge in [0.25, 0.3) is 0 Å². The van der Waals surface area contributed by atoms with Gasteiger partial charge in [-0.25, -0.2) is 4.79 Å². The van der Waals surface area contributed by atoms with Crippen molar-refractivity contribution in [1.29, 1.82) is 0 Å². The Morgan fingerprint density at radius 3 is 2.44 bits per heavy atom. The van der Waals surface area contributed by atoms with Gasteiger partial charge in [0.05, 0.1) is 19.3 Å². The van der Waals surface area contributed by atoms with E-state index in [-0.39, 0.29) is 35.8 Å². The second kappa shape index (κ2) is 8.14. The number of ether oxygens (including phenoxy) is 2. The summed E-state index contributed by atoms with van der Waals surface area (Å²) in [6.45, 7) is 9.76. The van der Waals surface area contributed by atoms with Crippen LogP contribution < -0.4 is 10.6 Å². The number of urea groups is 1. The number of rotatable bonds is 4. The fourth-order valence-electron chi connectivity index (χ4n) is 2.94. The van der Waals surface area contributed by atoms with Gasteiger partial charge in [-0.2, -0.15) is 0 Å². The van der Waals surface area contributed by atoms with Gasteiger partial charge < -0.3 is 25.0 Å². The first-order valence-corrected chi connectivity index (χ1v) is 8.75.